The lowest BCUT2D eigenvalue weighted by Crippen LogP contribution is -2.19. The summed E-state index contributed by atoms with van der Waals surface area (Å²) < 4.78 is 10.9. The molecular weight excluding hydrogens is 997 g/mol. The first-order valence-corrected chi connectivity index (χ1v) is 26.0. The number of thiophene rings is 6. The van der Waals surface area contributed by atoms with Gasteiger partial charge in [-0.05, 0) is 88.0 Å². The van der Waals surface area contributed by atoms with Crippen molar-refractivity contribution < 1.29 is 15.0 Å². The minimum absolute atomic E-state index is 0.143. The van der Waals surface area contributed by atoms with Gasteiger partial charge in [-0.1, -0.05) is 24.3 Å². The number of benzene rings is 2. The molecule has 0 fully saturated rings. The van der Waals surface area contributed by atoms with Crippen LogP contribution in [0.4, 0.5) is 10.0 Å². The summed E-state index contributed by atoms with van der Waals surface area (Å²) in [6.45, 7) is 1.55. The highest BCUT2D eigenvalue weighted by atomic mass is 79.9. The Labute approximate surface area is 397 Å². The van der Waals surface area contributed by atoms with E-state index in [4.69, 9.17) is 15.5 Å². The predicted molar refractivity (Wildman–Crippen MR) is 275 cm³/mol. The van der Waals surface area contributed by atoms with Crippen LogP contribution in [-0.2, 0) is 6.42 Å². The van der Waals surface area contributed by atoms with Crippen LogP contribution >= 0.6 is 107 Å². The third-order valence-electron chi connectivity index (χ3n) is 8.77. The van der Waals surface area contributed by atoms with Crippen LogP contribution in [0.2, 0.25) is 0 Å². The molecule has 0 radical (unpaired) electrons. The molecule has 0 saturated carbocycles. The highest BCUT2D eigenvalue weighted by Gasteiger charge is 2.13. The number of rotatable bonds is 10. The molecule has 18 heteroatoms. The number of carbonyl (C=O) groups is 1. The van der Waals surface area contributed by atoms with Gasteiger partial charge in [0.25, 0.3) is 0 Å². The monoisotopic (exact) mass is 1030 g/mol. The van der Waals surface area contributed by atoms with Crippen LogP contribution in [0.3, 0.4) is 0 Å². The summed E-state index contributed by atoms with van der Waals surface area (Å²) in [6, 6.07) is 32.8. The number of anilines is 2. The Morgan fingerprint density at radius 3 is 1.81 bits per heavy atom. The number of aliphatic hydroxyl groups excluding tert-OH is 2. The van der Waals surface area contributed by atoms with Gasteiger partial charge >= 0.3 is 0 Å². The van der Waals surface area contributed by atoms with Crippen molar-refractivity contribution >= 4 is 183 Å². The summed E-state index contributed by atoms with van der Waals surface area (Å²) >= 11 is 16.7. The minimum atomic E-state index is 0.143. The summed E-state index contributed by atoms with van der Waals surface area (Å²) in [6.07, 6.45) is 3.22. The highest BCUT2D eigenvalue weighted by Crippen LogP contribution is 2.40. The number of aromatic nitrogens is 2. The molecule has 0 bridgehead atoms. The quantitative estimate of drug-likeness (QED) is 0.101. The normalized spacial score (nSPS) is 11.1. The van der Waals surface area contributed by atoms with E-state index >= 15 is 0 Å². The van der Waals surface area contributed by atoms with Gasteiger partial charge in [-0.3, -0.25) is 4.79 Å². The van der Waals surface area contributed by atoms with Crippen molar-refractivity contribution in [2.75, 3.05) is 50.2 Å². The number of allylic oxidation sites excluding steroid dienone is 1. The largest absolute Gasteiger partial charge is 0.395 e. The van der Waals surface area contributed by atoms with Crippen molar-refractivity contribution in [1.82, 2.24) is 9.97 Å². The van der Waals surface area contributed by atoms with Crippen molar-refractivity contribution in [1.29, 1.82) is 10.5 Å². The van der Waals surface area contributed by atoms with Crippen LogP contribution in [0.5, 0.6) is 0 Å². The maximum atomic E-state index is 10.6. The van der Waals surface area contributed by atoms with Gasteiger partial charge in [0.2, 0.25) is 0 Å². The van der Waals surface area contributed by atoms with E-state index in [1.165, 1.54) is 33.9 Å². The molecule has 314 valence electrons. The van der Waals surface area contributed by atoms with E-state index in [0.29, 0.717) is 25.1 Å². The zero-order chi connectivity index (χ0) is 43.6. The first-order valence-electron chi connectivity index (χ1n) is 18.7. The molecule has 62 heavy (non-hydrogen) atoms. The Morgan fingerprint density at radius 2 is 1.26 bits per heavy atom. The van der Waals surface area contributed by atoms with Crippen molar-refractivity contribution in [2.24, 2.45) is 0 Å². The molecule has 8 heterocycles. The summed E-state index contributed by atoms with van der Waals surface area (Å²) in [5, 5.41) is 42.0. The third-order valence-corrected chi connectivity index (χ3v) is 18.2. The van der Waals surface area contributed by atoms with Crippen LogP contribution in [0.1, 0.15) is 24.6 Å². The van der Waals surface area contributed by atoms with E-state index in [0.717, 1.165) is 65.9 Å². The lowest BCUT2D eigenvalue weighted by Gasteiger charge is -2.14. The van der Waals surface area contributed by atoms with Gasteiger partial charge in [-0.25, -0.2) is 9.97 Å². The van der Waals surface area contributed by atoms with Crippen molar-refractivity contribution in [2.45, 2.75) is 6.42 Å². The number of aldehydes is 1. The van der Waals surface area contributed by atoms with Crippen molar-refractivity contribution in [3.63, 3.8) is 0 Å². The van der Waals surface area contributed by atoms with Crippen molar-refractivity contribution in [3.05, 3.63) is 114 Å². The average molecular weight is 1030 g/mol. The lowest BCUT2D eigenvalue weighted by atomic mass is 10.2. The number of hydrogen-bond acceptors (Lipinski definition) is 17. The molecule has 0 spiro atoms. The summed E-state index contributed by atoms with van der Waals surface area (Å²) in [7, 11) is 3.93. The molecule has 0 atom stereocenters. The number of aliphatic hydroxyl groups is 2. The fourth-order valence-electron chi connectivity index (χ4n) is 5.78. The van der Waals surface area contributed by atoms with Crippen LogP contribution in [0.25, 0.3) is 60.3 Å². The van der Waals surface area contributed by atoms with Crippen LogP contribution in [0.15, 0.2) is 94.1 Å². The van der Waals surface area contributed by atoms with Gasteiger partial charge < -0.3 is 20.0 Å². The SMILES string of the molecule is Brc1cc2sccc2s1.CN(CCO)c1cc2sc(/C=C(\C#N)c3nc4ccccc4s3)cc2s1.CN(CCO)c1cc2sc(C=O)cc2s1.N#CCc1nc2ccccc2s1. The molecule has 10 rings (SSSR count). The highest BCUT2D eigenvalue weighted by molar-refractivity contribution is 9.11. The van der Waals surface area contributed by atoms with E-state index in [1.807, 2.05) is 79.7 Å². The Kier molecular flexibility index (Phi) is 16.0. The lowest BCUT2D eigenvalue weighted by molar-refractivity contribution is 0.112. The first kappa shape index (κ1) is 45.6. The Hall–Kier alpha value is -4.41. The van der Waals surface area contributed by atoms with Gasteiger partial charge in [0.1, 0.15) is 16.1 Å². The molecular formula is C44H35BrN6O3S8. The van der Waals surface area contributed by atoms with Crippen LogP contribution in [-0.4, -0.2) is 66.9 Å². The standard InChI is InChI=1S/C19H15N3OS3.C10H11NO2S2.C9H6N2S.C6H3BrS2/c1-22(6-7-23)18-10-17-16(25-18)9-13(24-17)8-12(11-20)19-21-14-4-2-3-5-15(14)26-19;1-11(2-3-12)10-5-9-8(15-10)4-7(6-13)14-9;10-6-5-9-11-7-3-1-2-4-8(7)12-9;7-6-3-5-4(9-6)1-2-8-5/h2-5,8-10,23H,6-7H2,1H3;4-6,12H,2-3H2,1H3;1-4H,5H2;1-3H/b12-8+;;;. The molecule has 2 aromatic carbocycles. The van der Waals surface area contributed by atoms with Crippen LogP contribution < -0.4 is 9.80 Å². The number of para-hydroxylation sites is 2. The molecule has 0 aliphatic rings. The molecule has 9 nitrogen and oxygen atoms in total. The summed E-state index contributed by atoms with van der Waals surface area (Å²) in [4.78, 5) is 25.3. The van der Waals surface area contributed by atoms with E-state index in [9.17, 15) is 10.1 Å². The predicted octanol–water partition coefficient (Wildman–Crippen LogP) is 13.4. The molecule has 0 unspecified atom stereocenters. The average Bonchev–Trinajstić information content (AvgIpc) is 4.12. The van der Waals surface area contributed by atoms with E-state index in [2.05, 4.69) is 78.6 Å². The smallest absolute Gasteiger partial charge is 0.160 e. The number of nitriles is 2. The second-order valence-corrected chi connectivity index (χ2v) is 23.0. The summed E-state index contributed by atoms with van der Waals surface area (Å²) in [5.74, 6) is 0. The zero-order valence-electron chi connectivity index (χ0n) is 33.0. The molecule has 0 saturated heterocycles. The number of nitrogens with zero attached hydrogens (tertiary/aromatic N) is 6. The fourth-order valence-corrected chi connectivity index (χ4v) is 14.9. The van der Waals surface area contributed by atoms with E-state index in [1.54, 1.807) is 79.4 Å². The van der Waals surface area contributed by atoms with E-state index in [-0.39, 0.29) is 13.2 Å². The van der Waals surface area contributed by atoms with Gasteiger partial charge in [0.15, 0.2) is 6.29 Å². The Bertz CT molecular complexity index is 3030. The molecule has 10 aromatic rings. The zero-order valence-corrected chi connectivity index (χ0v) is 41.1. The van der Waals surface area contributed by atoms with Gasteiger partial charge in [-0.2, -0.15) is 10.5 Å². The van der Waals surface area contributed by atoms with E-state index < -0.39 is 0 Å². The second-order valence-electron chi connectivity index (χ2n) is 13.1. The summed E-state index contributed by atoms with van der Waals surface area (Å²) in [5.41, 5.74) is 2.52. The van der Waals surface area contributed by atoms with Crippen LogP contribution in [0, 0.1) is 22.7 Å². The fraction of sp³-hybridized carbons (Fsp3) is 0.159. The molecule has 0 aliphatic carbocycles. The van der Waals surface area contributed by atoms with Gasteiger partial charge in [0.05, 0.1) is 70.4 Å². The number of fused-ring (bicyclic) bond motifs is 5. The molecule has 0 aliphatic heterocycles. The number of hydrogen-bond donors (Lipinski definition) is 2. The number of carbonyl (C=O) groups excluding carboxylic acids is 1. The first-order chi connectivity index (χ1) is 30.2. The second kappa shape index (κ2) is 21.8. The van der Waals surface area contributed by atoms with Crippen molar-refractivity contribution in [3.8, 4) is 12.1 Å². The topological polar surface area (TPSA) is 137 Å². The van der Waals surface area contributed by atoms with Gasteiger partial charge in [0, 0.05) is 60.3 Å². The third kappa shape index (κ3) is 11.4. The Balaban J connectivity index is 0.000000136. The molecule has 2 N–H and O–H groups in total. The molecule has 0 amide bonds. The Morgan fingerprint density at radius 1 is 0.677 bits per heavy atom. The molecule has 8 aromatic heterocycles. The maximum Gasteiger partial charge on any atom is 0.160 e. The number of thiazole rings is 2. The minimum Gasteiger partial charge on any atom is -0.395 e. The van der Waals surface area contributed by atoms with Gasteiger partial charge in [-0.15, -0.1) is 90.7 Å². The number of halogens is 1. The number of likely N-dealkylation sites (N-methyl/N-ethyl adjacent to an activating group) is 2. The maximum absolute atomic E-state index is 10.6.